The van der Waals surface area contributed by atoms with E-state index in [1.54, 1.807) is 24.5 Å². The zero-order valence-corrected chi connectivity index (χ0v) is 17.3. The second kappa shape index (κ2) is 7.88. The van der Waals surface area contributed by atoms with Crippen molar-refractivity contribution in [1.29, 1.82) is 0 Å². The molecule has 1 amide bonds. The molecule has 2 heterocycles. The van der Waals surface area contributed by atoms with Crippen LogP contribution in [0.5, 0.6) is 0 Å². The van der Waals surface area contributed by atoms with Crippen LogP contribution in [0.25, 0.3) is 5.69 Å². The van der Waals surface area contributed by atoms with E-state index in [9.17, 15) is 4.79 Å². The number of aromatic nitrogens is 2. The Balaban J connectivity index is 1.90. The lowest BCUT2D eigenvalue weighted by Gasteiger charge is -2.13. The van der Waals surface area contributed by atoms with E-state index in [0.717, 1.165) is 27.1 Å². The molecule has 0 radical (unpaired) electrons. The van der Waals surface area contributed by atoms with Crippen LogP contribution in [0, 0.1) is 27.7 Å². The monoisotopic (exact) mass is 424 g/mol. The second-order valence-electron chi connectivity index (χ2n) is 6.46. The Morgan fingerprint density at radius 3 is 2.63 bits per heavy atom. The van der Waals surface area contributed by atoms with Crippen molar-refractivity contribution in [3.63, 3.8) is 0 Å². The molecule has 0 aliphatic rings. The predicted octanol–water partition coefficient (Wildman–Crippen LogP) is 4.63. The molecule has 2 aromatic heterocycles. The largest absolute Gasteiger partial charge is 0.316 e. The first kappa shape index (κ1) is 19.0. The number of nitrogens with zero attached hydrogens (tertiary/aromatic N) is 3. The van der Waals surface area contributed by atoms with Crippen LogP contribution in [-0.4, -0.2) is 21.7 Å². The molecule has 0 saturated carbocycles. The average Bonchev–Trinajstić information content (AvgIpc) is 2.86. The molecule has 3 aromatic rings. The summed E-state index contributed by atoms with van der Waals surface area (Å²) >= 11 is 3.67. The minimum absolute atomic E-state index is 0.293. The summed E-state index contributed by atoms with van der Waals surface area (Å²) in [4.78, 5) is 16.0. The smallest absolute Gasteiger partial charge is 0.272 e. The lowest BCUT2D eigenvalue weighted by atomic mass is 10.1. The van der Waals surface area contributed by atoms with Gasteiger partial charge in [-0.05, 0) is 67.4 Å². The summed E-state index contributed by atoms with van der Waals surface area (Å²) in [5, 5.41) is 4.13. The standard InChI is InChI=1S/C21H21BrN4O/c1-13-7-8-19(14(2)10-13)26-15(3)18(20(22)16(26)4)12-24-25-21(27)17-6-5-9-23-11-17/h5-12H,1-4H3,(H,25,27)/b24-12-. The maximum absolute atomic E-state index is 12.1. The SMILES string of the molecule is Cc1ccc(-n2c(C)c(Br)c(/C=N\NC(=O)c3cccnc3)c2C)c(C)c1. The van der Waals surface area contributed by atoms with E-state index >= 15 is 0 Å². The summed E-state index contributed by atoms with van der Waals surface area (Å²) in [6.07, 6.45) is 4.80. The van der Waals surface area contributed by atoms with Crippen LogP contribution in [0.2, 0.25) is 0 Å². The molecule has 0 spiro atoms. The van der Waals surface area contributed by atoms with Gasteiger partial charge in [-0.25, -0.2) is 5.43 Å². The van der Waals surface area contributed by atoms with E-state index in [0.29, 0.717) is 5.56 Å². The van der Waals surface area contributed by atoms with E-state index in [1.165, 1.54) is 17.3 Å². The van der Waals surface area contributed by atoms with Crippen LogP contribution in [0.15, 0.2) is 52.3 Å². The molecular weight excluding hydrogens is 404 g/mol. The molecule has 6 heteroatoms. The zero-order valence-electron chi connectivity index (χ0n) is 15.7. The van der Waals surface area contributed by atoms with Gasteiger partial charge in [0.05, 0.1) is 11.8 Å². The summed E-state index contributed by atoms with van der Waals surface area (Å²) in [5.74, 6) is -0.293. The summed E-state index contributed by atoms with van der Waals surface area (Å²) in [6, 6.07) is 9.82. The molecule has 0 aliphatic heterocycles. The molecule has 1 N–H and O–H groups in total. The first-order valence-corrected chi connectivity index (χ1v) is 9.38. The molecule has 27 heavy (non-hydrogen) atoms. The van der Waals surface area contributed by atoms with E-state index in [4.69, 9.17) is 0 Å². The van der Waals surface area contributed by atoms with Gasteiger partial charge in [0.2, 0.25) is 0 Å². The number of carbonyl (C=O) groups is 1. The lowest BCUT2D eigenvalue weighted by molar-refractivity contribution is 0.0955. The third-order valence-electron chi connectivity index (χ3n) is 4.49. The van der Waals surface area contributed by atoms with Gasteiger partial charge in [0.25, 0.3) is 5.91 Å². The van der Waals surface area contributed by atoms with E-state index < -0.39 is 0 Å². The molecule has 0 atom stereocenters. The number of hydrazone groups is 1. The Morgan fingerprint density at radius 2 is 1.96 bits per heavy atom. The van der Waals surface area contributed by atoms with E-state index in [2.05, 4.69) is 75.0 Å². The number of halogens is 1. The molecule has 138 valence electrons. The Bertz CT molecular complexity index is 1020. The van der Waals surface area contributed by atoms with Crippen LogP contribution >= 0.6 is 15.9 Å². The number of aryl methyl sites for hydroxylation is 2. The number of nitrogens with one attached hydrogen (secondary N) is 1. The van der Waals surface area contributed by atoms with Crippen molar-refractivity contribution in [1.82, 2.24) is 15.0 Å². The number of carbonyl (C=O) groups excluding carboxylic acids is 1. The minimum Gasteiger partial charge on any atom is -0.316 e. The molecule has 0 saturated heterocycles. The molecule has 3 rings (SSSR count). The van der Waals surface area contributed by atoms with Crippen LogP contribution in [-0.2, 0) is 0 Å². The number of hydrogen-bond donors (Lipinski definition) is 1. The molecule has 0 unspecified atom stereocenters. The summed E-state index contributed by atoms with van der Waals surface area (Å²) in [5.41, 5.74) is 9.65. The van der Waals surface area contributed by atoms with Crippen LogP contribution in [0.4, 0.5) is 0 Å². The van der Waals surface area contributed by atoms with Gasteiger partial charge in [0, 0.05) is 39.5 Å². The number of amides is 1. The van der Waals surface area contributed by atoms with Crippen molar-refractivity contribution in [2.24, 2.45) is 5.10 Å². The van der Waals surface area contributed by atoms with Gasteiger partial charge in [-0.3, -0.25) is 9.78 Å². The van der Waals surface area contributed by atoms with Crippen LogP contribution < -0.4 is 5.43 Å². The molecule has 0 aliphatic carbocycles. The highest BCUT2D eigenvalue weighted by Gasteiger charge is 2.17. The summed E-state index contributed by atoms with van der Waals surface area (Å²) < 4.78 is 3.16. The fourth-order valence-electron chi connectivity index (χ4n) is 3.11. The summed E-state index contributed by atoms with van der Waals surface area (Å²) in [6.45, 7) is 8.30. The Morgan fingerprint density at radius 1 is 1.19 bits per heavy atom. The third-order valence-corrected chi connectivity index (χ3v) is 5.49. The highest BCUT2D eigenvalue weighted by Crippen LogP contribution is 2.30. The Kier molecular flexibility index (Phi) is 5.56. The normalized spacial score (nSPS) is 11.1. The van der Waals surface area contributed by atoms with Gasteiger partial charge in [-0.1, -0.05) is 17.7 Å². The Hall–Kier alpha value is -2.73. The number of benzene rings is 1. The third kappa shape index (κ3) is 3.85. The number of pyridine rings is 1. The van der Waals surface area contributed by atoms with Crippen molar-refractivity contribution >= 4 is 28.1 Å². The van der Waals surface area contributed by atoms with Crippen LogP contribution in [0.3, 0.4) is 0 Å². The van der Waals surface area contributed by atoms with Crippen molar-refractivity contribution in [3.8, 4) is 5.69 Å². The average molecular weight is 425 g/mol. The van der Waals surface area contributed by atoms with Crippen molar-refractivity contribution in [2.75, 3.05) is 0 Å². The number of rotatable bonds is 4. The van der Waals surface area contributed by atoms with Gasteiger partial charge < -0.3 is 4.57 Å². The van der Waals surface area contributed by atoms with E-state index in [1.807, 2.05) is 6.92 Å². The molecule has 0 fully saturated rings. The second-order valence-corrected chi connectivity index (χ2v) is 7.26. The topological polar surface area (TPSA) is 59.3 Å². The first-order chi connectivity index (χ1) is 12.9. The fraction of sp³-hybridized carbons (Fsp3) is 0.190. The minimum atomic E-state index is -0.293. The maximum atomic E-state index is 12.1. The van der Waals surface area contributed by atoms with Gasteiger partial charge in [-0.2, -0.15) is 5.10 Å². The zero-order chi connectivity index (χ0) is 19.6. The van der Waals surface area contributed by atoms with Gasteiger partial charge in [0.15, 0.2) is 0 Å². The van der Waals surface area contributed by atoms with E-state index in [-0.39, 0.29) is 5.91 Å². The highest BCUT2D eigenvalue weighted by molar-refractivity contribution is 9.10. The fourth-order valence-corrected chi connectivity index (χ4v) is 3.68. The van der Waals surface area contributed by atoms with Crippen molar-refractivity contribution in [3.05, 3.63) is 80.8 Å². The maximum Gasteiger partial charge on any atom is 0.272 e. The summed E-state index contributed by atoms with van der Waals surface area (Å²) in [7, 11) is 0. The number of hydrogen-bond acceptors (Lipinski definition) is 3. The van der Waals surface area contributed by atoms with Gasteiger partial charge >= 0.3 is 0 Å². The molecule has 5 nitrogen and oxygen atoms in total. The molecule has 0 bridgehead atoms. The molecular formula is C21H21BrN4O. The first-order valence-electron chi connectivity index (χ1n) is 8.58. The van der Waals surface area contributed by atoms with Gasteiger partial charge in [0.1, 0.15) is 0 Å². The molecule has 1 aromatic carbocycles. The van der Waals surface area contributed by atoms with Crippen molar-refractivity contribution in [2.45, 2.75) is 27.7 Å². The predicted molar refractivity (Wildman–Crippen MR) is 112 cm³/mol. The van der Waals surface area contributed by atoms with Crippen LogP contribution in [0.1, 0.15) is 38.4 Å². The highest BCUT2D eigenvalue weighted by atomic mass is 79.9. The quantitative estimate of drug-likeness (QED) is 0.490. The lowest BCUT2D eigenvalue weighted by Crippen LogP contribution is -2.17. The Labute approximate surface area is 167 Å². The van der Waals surface area contributed by atoms with Gasteiger partial charge in [-0.15, -0.1) is 0 Å². The van der Waals surface area contributed by atoms with Crippen molar-refractivity contribution < 1.29 is 4.79 Å².